The summed E-state index contributed by atoms with van der Waals surface area (Å²) < 4.78 is 0. The molecule has 6 heteroatoms. The van der Waals surface area contributed by atoms with Crippen molar-refractivity contribution in [3.63, 3.8) is 0 Å². The third-order valence-corrected chi connectivity index (χ3v) is 4.96. The smallest absolute Gasteiger partial charge is 0.335 e. The van der Waals surface area contributed by atoms with Crippen LogP contribution in [0.4, 0.5) is 10.5 Å². The zero-order valence-corrected chi connectivity index (χ0v) is 13.1. The maximum absolute atomic E-state index is 12.2. The van der Waals surface area contributed by atoms with Gasteiger partial charge in [-0.2, -0.15) is 11.8 Å². The third-order valence-electron chi connectivity index (χ3n) is 3.59. The molecule has 0 spiro atoms. The van der Waals surface area contributed by atoms with Crippen molar-refractivity contribution in [1.29, 1.82) is 0 Å². The molecule has 5 nitrogen and oxygen atoms in total. The molecule has 2 N–H and O–H groups in total. The highest BCUT2D eigenvalue weighted by molar-refractivity contribution is 8.00. The lowest BCUT2D eigenvalue weighted by atomic mass is 10.1. The summed E-state index contributed by atoms with van der Waals surface area (Å²) in [5.74, 6) is 0.00679. The highest BCUT2D eigenvalue weighted by Gasteiger charge is 2.23. The van der Waals surface area contributed by atoms with E-state index >= 15 is 0 Å². The minimum absolute atomic E-state index is 0.115. The van der Waals surface area contributed by atoms with Gasteiger partial charge in [-0.3, -0.25) is 0 Å². The largest absolute Gasteiger partial charge is 0.478 e. The molecule has 2 amide bonds. The quantitative estimate of drug-likeness (QED) is 0.900. The van der Waals surface area contributed by atoms with E-state index < -0.39 is 5.97 Å². The lowest BCUT2D eigenvalue weighted by Crippen LogP contribution is -2.43. The number of nitrogens with zero attached hydrogens (tertiary/aromatic N) is 1. The zero-order chi connectivity index (χ0) is 15.4. The Labute approximate surface area is 128 Å². The van der Waals surface area contributed by atoms with Crippen LogP contribution in [0.25, 0.3) is 0 Å². The van der Waals surface area contributed by atoms with Crippen molar-refractivity contribution in [3.8, 4) is 0 Å². The van der Waals surface area contributed by atoms with Gasteiger partial charge in [0, 0.05) is 29.8 Å². The van der Waals surface area contributed by atoms with Crippen LogP contribution in [-0.2, 0) is 0 Å². The number of carboxylic acids is 1. The van der Waals surface area contributed by atoms with Gasteiger partial charge in [0.05, 0.1) is 5.56 Å². The lowest BCUT2D eigenvalue weighted by molar-refractivity contribution is 0.0696. The summed E-state index contributed by atoms with van der Waals surface area (Å²) in [6, 6.07) is 4.73. The minimum Gasteiger partial charge on any atom is -0.478 e. The van der Waals surface area contributed by atoms with Gasteiger partial charge < -0.3 is 15.3 Å². The number of hydrogen-bond donors (Lipinski definition) is 2. The van der Waals surface area contributed by atoms with Gasteiger partial charge >= 0.3 is 12.0 Å². The van der Waals surface area contributed by atoms with Crippen LogP contribution in [0, 0.1) is 6.92 Å². The maximum Gasteiger partial charge on any atom is 0.335 e. The van der Waals surface area contributed by atoms with E-state index in [-0.39, 0.29) is 11.6 Å². The van der Waals surface area contributed by atoms with E-state index in [9.17, 15) is 9.59 Å². The van der Waals surface area contributed by atoms with Crippen LogP contribution in [0.15, 0.2) is 18.2 Å². The number of carbonyl (C=O) groups is 2. The molecule has 2 rings (SSSR count). The SMILES string of the molecule is CCC1CN(C(=O)Nc2ccc(C(=O)O)c(C)c2)CCS1. The second kappa shape index (κ2) is 6.85. The molecule has 0 saturated carbocycles. The number of nitrogens with one attached hydrogen (secondary N) is 1. The molecule has 21 heavy (non-hydrogen) atoms. The monoisotopic (exact) mass is 308 g/mol. The number of rotatable bonds is 3. The second-order valence-corrected chi connectivity index (χ2v) is 6.52. The first-order valence-corrected chi connectivity index (χ1v) is 8.07. The van der Waals surface area contributed by atoms with Gasteiger partial charge in [-0.25, -0.2) is 9.59 Å². The number of aryl methyl sites for hydroxylation is 1. The zero-order valence-electron chi connectivity index (χ0n) is 12.3. The summed E-state index contributed by atoms with van der Waals surface area (Å²) in [6.07, 6.45) is 1.06. The number of benzene rings is 1. The number of amides is 2. The van der Waals surface area contributed by atoms with Gasteiger partial charge in [-0.15, -0.1) is 0 Å². The fraction of sp³-hybridized carbons (Fsp3) is 0.467. The van der Waals surface area contributed by atoms with Crippen molar-refractivity contribution in [3.05, 3.63) is 29.3 Å². The van der Waals surface area contributed by atoms with Crippen LogP contribution in [0.2, 0.25) is 0 Å². The topological polar surface area (TPSA) is 69.6 Å². The van der Waals surface area contributed by atoms with E-state index in [0.717, 1.165) is 25.3 Å². The predicted molar refractivity (Wildman–Crippen MR) is 85.3 cm³/mol. The van der Waals surface area contributed by atoms with E-state index in [1.54, 1.807) is 19.1 Å². The fourth-order valence-corrected chi connectivity index (χ4v) is 3.51. The number of aromatic carboxylic acids is 1. The number of carbonyl (C=O) groups excluding carboxylic acids is 1. The maximum atomic E-state index is 12.2. The van der Waals surface area contributed by atoms with Gasteiger partial charge in [0.15, 0.2) is 0 Å². The minimum atomic E-state index is -0.954. The molecule has 1 unspecified atom stereocenters. The number of anilines is 1. The van der Waals surface area contributed by atoms with E-state index in [1.165, 1.54) is 6.07 Å². The average molecular weight is 308 g/mol. The summed E-state index contributed by atoms with van der Waals surface area (Å²) >= 11 is 1.91. The van der Waals surface area contributed by atoms with Crippen LogP contribution in [0.3, 0.4) is 0 Å². The Morgan fingerprint density at radius 1 is 1.48 bits per heavy atom. The molecule has 1 fully saturated rings. The van der Waals surface area contributed by atoms with E-state index in [0.29, 0.717) is 16.5 Å². The Hall–Kier alpha value is -1.69. The van der Waals surface area contributed by atoms with Gasteiger partial charge in [-0.05, 0) is 37.1 Å². The van der Waals surface area contributed by atoms with Crippen LogP contribution in [0.5, 0.6) is 0 Å². The van der Waals surface area contributed by atoms with Crippen molar-refractivity contribution >= 4 is 29.4 Å². The van der Waals surface area contributed by atoms with Crippen molar-refractivity contribution in [2.75, 3.05) is 24.2 Å². The second-order valence-electron chi connectivity index (χ2n) is 5.11. The number of hydrogen-bond acceptors (Lipinski definition) is 3. The number of thioether (sulfide) groups is 1. The first-order chi connectivity index (χ1) is 10.0. The molecule has 1 atom stereocenters. The summed E-state index contributed by atoms with van der Waals surface area (Å²) in [5.41, 5.74) is 1.53. The molecule has 114 valence electrons. The Bertz CT molecular complexity index is 548. The molecule has 1 aromatic rings. The first kappa shape index (κ1) is 15.7. The van der Waals surface area contributed by atoms with Crippen LogP contribution >= 0.6 is 11.8 Å². The third kappa shape index (κ3) is 3.91. The molecule has 1 heterocycles. The van der Waals surface area contributed by atoms with Gasteiger partial charge in [0.2, 0.25) is 0 Å². The van der Waals surface area contributed by atoms with Gasteiger partial charge in [0.1, 0.15) is 0 Å². The number of urea groups is 1. The van der Waals surface area contributed by atoms with Crippen molar-refractivity contribution in [1.82, 2.24) is 4.90 Å². The molecule has 0 radical (unpaired) electrons. The van der Waals surface area contributed by atoms with Crippen LogP contribution in [-0.4, -0.2) is 46.1 Å². The molecular formula is C15H20N2O3S. The normalized spacial score (nSPS) is 18.4. The highest BCUT2D eigenvalue weighted by atomic mass is 32.2. The first-order valence-electron chi connectivity index (χ1n) is 7.02. The molecule has 1 aromatic carbocycles. The van der Waals surface area contributed by atoms with Gasteiger partial charge in [-0.1, -0.05) is 6.92 Å². The molecule has 1 saturated heterocycles. The average Bonchev–Trinajstić information content (AvgIpc) is 2.47. The fourth-order valence-electron chi connectivity index (χ4n) is 2.33. The lowest BCUT2D eigenvalue weighted by Gasteiger charge is -2.31. The van der Waals surface area contributed by atoms with E-state index in [2.05, 4.69) is 12.2 Å². The molecule has 0 bridgehead atoms. The molecule has 0 aromatic heterocycles. The Balaban J connectivity index is 2.02. The Morgan fingerprint density at radius 3 is 2.86 bits per heavy atom. The summed E-state index contributed by atoms with van der Waals surface area (Å²) in [5, 5.41) is 12.3. The van der Waals surface area contributed by atoms with Crippen molar-refractivity contribution < 1.29 is 14.7 Å². The van der Waals surface area contributed by atoms with Crippen LogP contribution < -0.4 is 5.32 Å². The summed E-state index contributed by atoms with van der Waals surface area (Å²) in [4.78, 5) is 25.0. The Morgan fingerprint density at radius 2 is 2.24 bits per heavy atom. The molecule has 0 aliphatic carbocycles. The summed E-state index contributed by atoms with van der Waals surface area (Å²) in [6.45, 7) is 5.37. The van der Waals surface area contributed by atoms with Gasteiger partial charge in [0.25, 0.3) is 0 Å². The standard InChI is InChI=1S/C15H20N2O3S/c1-3-12-9-17(6-7-21-12)15(20)16-11-4-5-13(14(18)19)10(2)8-11/h4-5,8,12H,3,6-7,9H2,1-2H3,(H,16,20)(H,18,19). The van der Waals surface area contributed by atoms with E-state index in [4.69, 9.17) is 5.11 Å². The molecule has 1 aliphatic heterocycles. The highest BCUT2D eigenvalue weighted by Crippen LogP contribution is 2.22. The molecule has 1 aliphatic rings. The van der Waals surface area contributed by atoms with Crippen molar-refractivity contribution in [2.24, 2.45) is 0 Å². The predicted octanol–water partition coefficient (Wildman–Crippen LogP) is 3.05. The van der Waals surface area contributed by atoms with Crippen molar-refractivity contribution in [2.45, 2.75) is 25.5 Å². The Kier molecular flexibility index (Phi) is 5.12. The van der Waals surface area contributed by atoms with E-state index in [1.807, 2.05) is 16.7 Å². The molecular weight excluding hydrogens is 288 g/mol. The summed E-state index contributed by atoms with van der Waals surface area (Å²) in [7, 11) is 0. The number of carboxylic acid groups (broad SMARTS) is 1. The van der Waals surface area contributed by atoms with Crippen LogP contribution in [0.1, 0.15) is 29.3 Å².